The molecule has 0 atom stereocenters. The number of carboxylic acids is 1. The summed E-state index contributed by atoms with van der Waals surface area (Å²) in [6.07, 6.45) is 9.02. The Bertz CT molecular complexity index is 984. The fraction of sp³-hybridized carbons (Fsp3) is 0.440. The molecule has 0 aliphatic rings. The number of rotatable bonds is 17. The topological polar surface area (TPSA) is 212 Å². The fourth-order valence-corrected chi connectivity index (χ4v) is 2.95. The van der Waals surface area contributed by atoms with Crippen molar-refractivity contribution in [3.63, 3.8) is 0 Å². The van der Waals surface area contributed by atoms with E-state index in [1.54, 1.807) is 18.5 Å². The summed E-state index contributed by atoms with van der Waals surface area (Å²) in [6.45, 7) is 3.53. The third-order valence-electron chi connectivity index (χ3n) is 5.37. The number of unbranched alkanes of at least 4 members (excludes halogenated alkanes) is 3. The summed E-state index contributed by atoms with van der Waals surface area (Å²) in [4.78, 5) is 29.9. The van der Waals surface area contributed by atoms with Gasteiger partial charge < -0.3 is 41.7 Å². The summed E-state index contributed by atoms with van der Waals surface area (Å²) in [5.74, 6) is -1.10. The van der Waals surface area contributed by atoms with E-state index in [4.69, 9.17) is 26.0 Å². The molecule has 0 bridgehead atoms. The number of nitrogens with one attached hydrogen (secondary N) is 3. The molecule has 0 fully saturated rings. The standard InChI is InChI=1S/C19H23N6O.C6H13NO5.Tc/c1-15(16-7-6-10-21-13-16)22-11-4-2-3-5-12-23-19(26)17-8-9-18(25-20)24-14-17;8-2-6(3-9,4-10)7-1-5(11)12;/h6-10,13-14,22H,1-5,11-12H2,(H,23,26);7-10H,1-4H2,(H,11,12);/q-1;;. The minimum atomic E-state index is -1.31. The fourth-order valence-electron chi connectivity index (χ4n) is 2.95. The summed E-state index contributed by atoms with van der Waals surface area (Å²) in [5.41, 5.74) is 9.61. The summed E-state index contributed by atoms with van der Waals surface area (Å²) >= 11 is 0. The van der Waals surface area contributed by atoms with Gasteiger partial charge in [0.1, 0.15) is 5.82 Å². The molecule has 0 spiro atoms. The third kappa shape index (κ3) is 14.6. The normalized spacial score (nSPS) is 10.3. The second-order valence-corrected chi connectivity index (χ2v) is 8.32. The molecule has 39 heavy (non-hydrogen) atoms. The summed E-state index contributed by atoms with van der Waals surface area (Å²) in [6, 6.07) is 6.94. The van der Waals surface area contributed by atoms with Crippen LogP contribution >= 0.6 is 0 Å². The average molecular weight is 629 g/mol. The minimum absolute atomic E-state index is 0. The third-order valence-corrected chi connectivity index (χ3v) is 5.37. The second kappa shape index (κ2) is 20.8. The van der Waals surface area contributed by atoms with Crippen LogP contribution in [-0.4, -0.2) is 87.3 Å². The molecule has 0 aliphatic heterocycles. The number of nitrogens with zero attached hydrogens (tertiary/aromatic N) is 4. The van der Waals surface area contributed by atoms with Crippen molar-refractivity contribution in [2.75, 3.05) is 39.5 Å². The number of hydrogen-bond donors (Lipinski definition) is 7. The van der Waals surface area contributed by atoms with Gasteiger partial charge >= 0.3 is 5.97 Å². The molecule has 2 rings (SSSR count). The zero-order valence-corrected chi connectivity index (χ0v) is 23.4. The van der Waals surface area contributed by atoms with Gasteiger partial charge in [0.15, 0.2) is 0 Å². The molecule has 14 heteroatoms. The molecule has 0 aliphatic carbocycles. The van der Waals surface area contributed by atoms with Crippen molar-refractivity contribution >= 4 is 23.4 Å². The van der Waals surface area contributed by atoms with Crippen LogP contribution in [0.4, 0.5) is 5.82 Å². The van der Waals surface area contributed by atoms with Gasteiger partial charge in [-0.1, -0.05) is 19.4 Å². The van der Waals surface area contributed by atoms with Crippen molar-refractivity contribution in [1.29, 1.82) is 0 Å². The first kappa shape index (κ1) is 35.9. The molecule has 0 unspecified atom stereocenters. The predicted octanol–water partition coefficient (Wildman–Crippen LogP) is 1.05. The van der Waals surface area contributed by atoms with Crippen molar-refractivity contribution in [2.45, 2.75) is 31.2 Å². The number of aliphatic hydroxyl groups excluding tert-OH is 3. The number of carboxylic acid groups (broad SMARTS) is 1. The molecule has 1 amide bonds. The molecule has 2 aromatic rings. The average Bonchev–Trinajstić information content (AvgIpc) is 2.96. The number of aliphatic carboxylic acids is 1. The van der Waals surface area contributed by atoms with Crippen LogP contribution in [0.1, 0.15) is 41.6 Å². The van der Waals surface area contributed by atoms with Gasteiger partial charge in [-0.2, -0.15) is 0 Å². The number of carbonyl (C=O) groups excluding carboxylic acids is 1. The molecule has 0 saturated carbocycles. The van der Waals surface area contributed by atoms with Crippen LogP contribution in [0, 0.1) is 0 Å². The Hall–Kier alpha value is -3.13. The second-order valence-electron chi connectivity index (χ2n) is 8.32. The number of amides is 1. The van der Waals surface area contributed by atoms with Crippen molar-refractivity contribution in [1.82, 2.24) is 25.9 Å². The van der Waals surface area contributed by atoms with E-state index in [9.17, 15) is 9.59 Å². The van der Waals surface area contributed by atoms with Crippen LogP contribution in [-0.2, 0) is 24.9 Å². The van der Waals surface area contributed by atoms with E-state index < -0.39 is 37.9 Å². The zero-order chi connectivity index (χ0) is 28.2. The van der Waals surface area contributed by atoms with Crippen LogP contribution in [0.25, 0.3) is 11.2 Å². The molecular formula is C25H36N7O6Tc-. The van der Waals surface area contributed by atoms with E-state index in [0.29, 0.717) is 12.1 Å². The number of hydrogen-bond acceptors (Lipinski definition) is 10. The monoisotopic (exact) mass is 627 g/mol. The van der Waals surface area contributed by atoms with Crippen molar-refractivity contribution in [3.05, 3.63) is 66.1 Å². The Labute approximate surface area is 241 Å². The number of aliphatic hydroxyl groups is 3. The quantitative estimate of drug-likeness (QED) is 0.0978. The molecule has 13 nitrogen and oxygen atoms in total. The first-order valence-corrected chi connectivity index (χ1v) is 12.0. The Morgan fingerprint density at radius 3 is 2.08 bits per heavy atom. The summed E-state index contributed by atoms with van der Waals surface area (Å²) < 4.78 is 0. The van der Waals surface area contributed by atoms with E-state index in [0.717, 1.165) is 43.5 Å². The first-order chi connectivity index (χ1) is 18.3. The SMILES string of the molecule is C=C(NCCCCCCNC(=O)c1ccc(N=[N-])nc1)c1cccnc1.O=C(O)CNC(CO)(CO)CO.[Tc]. The Balaban J connectivity index is 0.000000944. The van der Waals surface area contributed by atoms with Gasteiger partial charge in [0.25, 0.3) is 5.91 Å². The summed E-state index contributed by atoms with van der Waals surface area (Å²) in [5, 5.41) is 45.8. The molecule has 2 aromatic heterocycles. The van der Waals surface area contributed by atoms with Crippen molar-refractivity contribution in [2.24, 2.45) is 5.11 Å². The maximum absolute atomic E-state index is 11.9. The van der Waals surface area contributed by atoms with Gasteiger partial charge in [0.05, 0.1) is 37.5 Å². The predicted molar refractivity (Wildman–Crippen MR) is 141 cm³/mol. The minimum Gasteiger partial charge on any atom is -0.705 e. The zero-order valence-electron chi connectivity index (χ0n) is 21.6. The molecule has 7 N–H and O–H groups in total. The number of pyridine rings is 2. The van der Waals surface area contributed by atoms with Crippen LogP contribution in [0.3, 0.4) is 0 Å². The number of aromatic nitrogens is 2. The van der Waals surface area contributed by atoms with Gasteiger partial charge in [-0.15, -0.1) is 0 Å². The van der Waals surface area contributed by atoms with E-state index >= 15 is 0 Å². The summed E-state index contributed by atoms with van der Waals surface area (Å²) in [7, 11) is 0. The Kier molecular flexibility index (Phi) is 19.1. The van der Waals surface area contributed by atoms with Gasteiger partial charge in [-0.25, -0.2) is 4.98 Å². The molecule has 0 saturated heterocycles. The Morgan fingerprint density at radius 1 is 0.949 bits per heavy atom. The molecular weight excluding hydrogens is 592 g/mol. The Morgan fingerprint density at radius 2 is 1.59 bits per heavy atom. The smallest absolute Gasteiger partial charge is 0.317 e. The van der Waals surface area contributed by atoms with E-state index in [-0.39, 0.29) is 31.8 Å². The van der Waals surface area contributed by atoms with Crippen LogP contribution in [0.5, 0.6) is 0 Å². The van der Waals surface area contributed by atoms with Crippen LogP contribution in [0.15, 0.2) is 54.5 Å². The van der Waals surface area contributed by atoms with Gasteiger partial charge in [0, 0.05) is 63.0 Å². The number of carbonyl (C=O) groups is 2. The largest absolute Gasteiger partial charge is 0.705 e. The van der Waals surface area contributed by atoms with Gasteiger partial charge in [0.2, 0.25) is 0 Å². The molecule has 215 valence electrons. The molecule has 2 heterocycles. The van der Waals surface area contributed by atoms with E-state index in [2.05, 4.69) is 37.6 Å². The van der Waals surface area contributed by atoms with Crippen molar-refractivity contribution < 1.29 is 50.1 Å². The maximum atomic E-state index is 11.9. The maximum Gasteiger partial charge on any atom is 0.317 e. The first-order valence-electron chi connectivity index (χ1n) is 12.0. The molecule has 1 radical (unpaired) electrons. The van der Waals surface area contributed by atoms with Crippen molar-refractivity contribution in [3.8, 4) is 0 Å². The van der Waals surface area contributed by atoms with Gasteiger partial charge in [-0.05, 0) is 37.1 Å². The molecule has 0 aromatic carbocycles. The van der Waals surface area contributed by atoms with Gasteiger partial charge in [-0.3, -0.25) is 19.9 Å². The van der Waals surface area contributed by atoms with Crippen LogP contribution in [0.2, 0.25) is 0 Å². The van der Waals surface area contributed by atoms with Crippen LogP contribution < -0.4 is 16.0 Å². The van der Waals surface area contributed by atoms with E-state index in [1.807, 2.05) is 12.1 Å². The van der Waals surface area contributed by atoms with E-state index in [1.165, 1.54) is 12.3 Å².